The second kappa shape index (κ2) is 10.3. The van der Waals surface area contributed by atoms with E-state index < -0.39 is 18.5 Å². The van der Waals surface area contributed by atoms with Gasteiger partial charge in [-0.25, -0.2) is 0 Å². The van der Waals surface area contributed by atoms with Gasteiger partial charge >= 0.3 is 5.97 Å². The van der Waals surface area contributed by atoms with Crippen LogP contribution in [0.3, 0.4) is 0 Å². The smallest absolute Gasteiger partial charge is 0.325 e. The number of carbonyl (C=O) groups excluding carboxylic acids is 3. The maximum atomic E-state index is 12.1. The molecule has 0 aromatic heterocycles. The van der Waals surface area contributed by atoms with Crippen LogP contribution in [0, 0.1) is 5.92 Å². The Morgan fingerprint density at radius 1 is 1.00 bits per heavy atom. The number of esters is 1. The van der Waals surface area contributed by atoms with Gasteiger partial charge in [-0.15, -0.1) is 0 Å². The molecule has 0 spiro atoms. The minimum absolute atomic E-state index is 0.0241. The Hall–Kier alpha value is -2.77. The molecule has 1 aromatic rings. The molecule has 0 saturated carbocycles. The van der Waals surface area contributed by atoms with Gasteiger partial charge in [0.2, 0.25) is 0 Å². The number of benzene rings is 1. The van der Waals surface area contributed by atoms with Crippen molar-refractivity contribution in [3.05, 3.63) is 23.8 Å². The van der Waals surface area contributed by atoms with Gasteiger partial charge in [0, 0.05) is 17.7 Å². The first-order chi connectivity index (χ1) is 12.3. The lowest BCUT2D eigenvalue weighted by atomic mass is 10.1. The van der Waals surface area contributed by atoms with Crippen molar-refractivity contribution in [1.29, 1.82) is 0 Å². The Morgan fingerprint density at radius 2 is 1.58 bits per heavy atom. The van der Waals surface area contributed by atoms with Crippen LogP contribution < -0.4 is 20.1 Å². The molecule has 0 aliphatic carbocycles. The molecule has 0 heterocycles. The molecule has 8 nitrogen and oxygen atoms in total. The Kier molecular flexibility index (Phi) is 8.41. The van der Waals surface area contributed by atoms with Gasteiger partial charge < -0.3 is 24.8 Å². The molecule has 0 aliphatic rings. The first-order valence-corrected chi connectivity index (χ1v) is 8.23. The number of methoxy groups -OCH3 is 2. The summed E-state index contributed by atoms with van der Waals surface area (Å²) >= 11 is 0. The molecule has 2 amide bonds. The first kappa shape index (κ1) is 21.3. The van der Waals surface area contributed by atoms with E-state index in [0.717, 1.165) is 0 Å². The van der Waals surface area contributed by atoms with Crippen molar-refractivity contribution in [2.75, 3.05) is 27.4 Å². The van der Waals surface area contributed by atoms with Crippen LogP contribution in [-0.2, 0) is 14.3 Å². The number of nitrogens with one attached hydrogen (secondary N) is 2. The standard InChI is InChI=1S/C18H26N2O6/c1-11(2)12(3)20-16(21)10-26-17(22)9-19-18(23)13-6-14(24-4)8-15(7-13)25-5/h6-8,11-12H,9-10H2,1-5H3,(H,19,23)(H,20,21)/t12-/m1/s1. The van der Waals surface area contributed by atoms with Crippen LogP contribution in [0.1, 0.15) is 31.1 Å². The van der Waals surface area contributed by atoms with E-state index in [2.05, 4.69) is 10.6 Å². The van der Waals surface area contributed by atoms with Crippen molar-refractivity contribution < 1.29 is 28.6 Å². The number of ether oxygens (including phenoxy) is 3. The van der Waals surface area contributed by atoms with E-state index in [1.807, 2.05) is 20.8 Å². The van der Waals surface area contributed by atoms with Crippen molar-refractivity contribution in [3.63, 3.8) is 0 Å². The van der Waals surface area contributed by atoms with Crippen LogP contribution >= 0.6 is 0 Å². The summed E-state index contributed by atoms with van der Waals surface area (Å²) in [6.45, 7) is 5.07. The zero-order valence-electron chi connectivity index (χ0n) is 15.8. The molecular weight excluding hydrogens is 340 g/mol. The van der Waals surface area contributed by atoms with Crippen molar-refractivity contribution in [2.45, 2.75) is 26.8 Å². The molecule has 0 saturated heterocycles. The molecule has 8 heteroatoms. The molecule has 2 N–H and O–H groups in total. The fourth-order valence-corrected chi connectivity index (χ4v) is 1.85. The third kappa shape index (κ3) is 7.00. The summed E-state index contributed by atoms with van der Waals surface area (Å²) in [6.07, 6.45) is 0. The Labute approximate surface area is 153 Å². The Balaban J connectivity index is 2.47. The molecule has 144 valence electrons. The minimum atomic E-state index is -0.708. The highest BCUT2D eigenvalue weighted by atomic mass is 16.5. The summed E-state index contributed by atoms with van der Waals surface area (Å²) in [5, 5.41) is 5.15. The minimum Gasteiger partial charge on any atom is -0.497 e. The van der Waals surface area contributed by atoms with E-state index in [-0.39, 0.29) is 30.0 Å². The Morgan fingerprint density at radius 3 is 2.08 bits per heavy atom. The number of rotatable bonds is 9. The van der Waals surface area contributed by atoms with Gasteiger partial charge in [0.25, 0.3) is 11.8 Å². The second-order valence-corrected chi connectivity index (χ2v) is 6.04. The third-order valence-electron chi connectivity index (χ3n) is 3.76. The summed E-state index contributed by atoms with van der Waals surface area (Å²) in [7, 11) is 2.94. The van der Waals surface area contributed by atoms with Crippen molar-refractivity contribution in [2.24, 2.45) is 5.92 Å². The quantitative estimate of drug-likeness (QED) is 0.635. The SMILES string of the molecule is COc1cc(OC)cc(C(=O)NCC(=O)OCC(=O)N[C@H](C)C(C)C)c1. The van der Waals surface area contributed by atoms with Gasteiger partial charge in [-0.3, -0.25) is 14.4 Å². The summed E-state index contributed by atoms with van der Waals surface area (Å²) in [6, 6.07) is 4.64. The fourth-order valence-electron chi connectivity index (χ4n) is 1.85. The van der Waals surface area contributed by atoms with E-state index in [4.69, 9.17) is 14.2 Å². The van der Waals surface area contributed by atoms with Crippen LogP contribution in [-0.4, -0.2) is 51.2 Å². The number of amides is 2. The molecule has 0 fully saturated rings. The molecule has 0 unspecified atom stereocenters. The van der Waals surface area contributed by atoms with E-state index >= 15 is 0 Å². The van der Waals surface area contributed by atoms with E-state index in [1.165, 1.54) is 26.4 Å². The predicted octanol–water partition coefficient (Wildman–Crippen LogP) is 1.14. The van der Waals surface area contributed by atoms with E-state index in [9.17, 15) is 14.4 Å². The fraction of sp³-hybridized carbons (Fsp3) is 0.500. The zero-order valence-corrected chi connectivity index (χ0v) is 15.8. The van der Waals surface area contributed by atoms with Crippen molar-refractivity contribution >= 4 is 17.8 Å². The lowest BCUT2D eigenvalue weighted by molar-refractivity contribution is -0.147. The second-order valence-electron chi connectivity index (χ2n) is 6.04. The summed E-state index contributed by atoms with van der Waals surface area (Å²) < 4.78 is 15.0. The van der Waals surface area contributed by atoms with Crippen LogP contribution in [0.5, 0.6) is 11.5 Å². The summed E-state index contributed by atoms with van der Waals surface area (Å²) in [4.78, 5) is 35.5. The highest BCUT2D eigenvalue weighted by Crippen LogP contribution is 2.22. The average molecular weight is 366 g/mol. The maximum Gasteiger partial charge on any atom is 0.325 e. The topological polar surface area (TPSA) is 103 Å². The maximum absolute atomic E-state index is 12.1. The number of hydrogen-bond acceptors (Lipinski definition) is 6. The molecule has 1 aromatic carbocycles. The zero-order chi connectivity index (χ0) is 19.7. The van der Waals surface area contributed by atoms with Crippen molar-refractivity contribution in [1.82, 2.24) is 10.6 Å². The summed E-state index contributed by atoms with van der Waals surface area (Å²) in [5.41, 5.74) is 0.275. The number of hydrogen-bond donors (Lipinski definition) is 2. The predicted molar refractivity (Wildman–Crippen MR) is 95.3 cm³/mol. The van der Waals surface area contributed by atoms with Gasteiger partial charge in [0.1, 0.15) is 18.0 Å². The van der Waals surface area contributed by atoms with Crippen LogP contribution in [0.15, 0.2) is 18.2 Å². The molecule has 1 atom stereocenters. The largest absolute Gasteiger partial charge is 0.497 e. The monoisotopic (exact) mass is 366 g/mol. The van der Waals surface area contributed by atoms with Crippen molar-refractivity contribution in [3.8, 4) is 11.5 Å². The first-order valence-electron chi connectivity index (χ1n) is 8.23. The summed E-state index contributed by atoms with van der Waals surface area (Å²) in [5.74, 6) is -0.407. The van der Waals surface area contributed by atoms with Gasteiger partial charge in [-0.05, 0) is 25.0 Å². The van der Waals surface area contributed by atoms with Gasteiger partial charge in [0.05, 0.1) is 14.2 Å². The molecule has 26 heavy (non-hydrogen) atoms. The third-order valence-corrected chi connectivity index (χ3v) is 3.76. The molecule has 0 bridgehead atoms. The van der Waals surface area contributed by atoms with Gasteiger partial charge in [-0.2, -0.15) is 0 Å². The van der Waals surface area contributed by atoms with Crippen LogP contribution in [0.25, 0.3) is 0 Å². The highest BCUT2D eigenvalue weighted by Gasteiger charge is 2.14. The van der Waals surface area contributed by atoms with Gasteiger partial charge in [-0.1, -0.05) is 13.8 Å². The van der Waals surface area contributed by atoms with Crippen LogP contribution in [0.2, 0.25) is 0 Å². The van der Waals surface area contributed by atoms with Crippen LogP contribution in [0.4, 0.5) is 0 Å². The lowest BCUT2D eigenvalue weighted by Crippen LogP contribution is -2.39. The van der Waals surface area contributed by atoms with E-state index in [0.29, 0.717) is 11.5 Å². The highest BCUT2D eigenvalue weighted by molar-refractivity contribution is 5.96. The molecule has 0 aliphatic heterocycles. The van der Waals surface area contributed by atoms with Gasteiger partial charge in [0.15, 0.2) is 6.61 Å². The molecule has 1 rings (SSSR count). The normalized spacial score (nSPS) is 11.5. The molecular formula is C18H26N2O6. The molecule has 0 radical (unpaired) electrons. The average Bonchev–Trinajstić information content (AvgIpc) is 2.63. The van der Waals surface area contributed by atoms with E-state index in [1.54, 1.807) is 6.07 Å². The number of carbonyl (C=O) groups is 3. The Bertz CT molecular complexity index is 622. The lowest BCUT2D eigenvalue weighted by Gasteiger charge is -2.17.